The lowest BCUT2D eigenvalue weighted by atomic mass is 10.2. The number of aliphatic imine (C=N–C) groups is 1. The van der Waals surface area contributed by atoms with E-state index in [1.165, 1.54) is 17.0 Å². The molecule has 0 aliphatic rings. The minimum atomic E-state index is -0.391. The first kappa shape index (κ1) is 23.7. The van der Waals surface area contributed by atoms with Gasteiger partial charge in [-0.25, -0.2) is 4.99 Å². The zero-order valence-corrected chi connectivity index (χ0v) is 19.2. The number of benzene rings is 1. The molecule has 0 radical (unpaired) electrons. The molecule has 0 fully saturated rings. The number of nitrogens with zero attached hydrogens (tertiary/aromatic N) is 2. The van der Waals surface area contributed by atoms with Gasteiger partial charge < -0.3 is 10.6 Å². The van der Waals surface area contributed by atoms with Gasteiger partial charge in [-0.15, -0.1) is 35.3 Å². The Balaban J connectivity index is 0.00000364. The van der Waals surface area contributed by atoms with Crippen LogP contribution < -0.4 is 10.6 Å². The van der Waals surface area contributed by atoms with Crippen molar-refractivity contribution < 1.29 is 4.92 Å². The van der Waals surface area contributed by atoms with Crippen LogP contribution in [-0.4, -0.2) is 36.0 Å². The molecule has 9 heteroatoms. The maximum Gasteiger partial charge on any atom is 0.269 e. The van der Waals surface area contributed by atoms with Crippen LogP contribution in [0.25, 0.3) is 0 Å². The van der Waals surface area contributed by atoms with Crippen molar-refractivity contribution >= 4 is 58.7 Å². The highest BCUT2D eigenvalue weighted by Crippen LogP contribution is 2.12. The fourth-order valence-corrected chi connectivity index (χ4v) is 3.39. The Kier molecular flexibility index (Phi) is 12.1. The van der Waals surface area contributed by atoms with E-state index in [4.69, 9.17) is 0 Å². The molecule has 0 aliphatic heterocycles. The number of non-ortho nitro benzene ring substituents is 1. The van der Waals surface area contributed by atoms with Gasteiger partial charge in [-0.3, -0.25) is 10.1 Å². The maximum atomic E-state index is 10.7. The van der Waals surface area contributed by atoms with Crippen LogP contribution in [0.4, 0.5) is 5.69 Å². The zero-order valence-electron chi connectivity index (χ0n) is 15.2. The highest BCUT2D eigenvalue weighted by molar-refractivity contribution is 14.0. The third-order valence-corrected chi connectivity index (χ3v) is 5.26. The molecular weight excluding hydrogens is 495 g/mol. The predicted octanol–water partition coefficient (Wildman–Crippen LogP) is 4.31. The van der Waals surface area contributed by atoms with Crippen LogP contribution in [0.1, 0.15) is 16.9 Å². The number of guanidine groups is 1. The normalized spacial score (nSPS) is 10.9. The van der Waals surface area contributed by atoms with Gasteiger partial charge in [0.1, 0.15) is 0 Å². The number of nitro groups is 1. The summed E-state index contributed by atoms with van der Waals surface area (Å²) in [5, 5.41) is 19.5. The van der Waals surface area contributed by atoms with Crippen LogP contribution in [-0.2, 0) is 13.0 Å². The number of hydrogen-bond donors (Lipinski definition) is 2. The summed E-state index contributed by atoms with van der Waals surface area (Å²) in [5.41, 5.74) is 1.04. The van der Waals surface area contributed by atoms with Crippen molar-refractivity contribution in [1.82, 2.24) is 10.6 Å². The molecule has 1 aromatic carbocycles. The van der Waals surface area contributed by atoms with E-state index >= 15 is 0 Å². The van der Waals surface area contributed by atoms with Crippen molar-refractivity contribution in [2.24, 2.45) is 4.99 Å². The van der Waals surface area contributed by atoms with E-state index in [9.17, 15) is 10.1 Å². The third-order valence-electron chi connectivity index (χ3n) is 3.63. The summed E-state index contributed by atoms with van der Waals surface area (Å²) in [6.07, 6.45) is 4.13. The van der Waals surface area contributed by atoms with Crippen LogP contribution in [0.2, 0.25) is 0 Å². The SMILES string of the molecule is CSCCCNC(=NCc1ccc([N+](=O)[O-])cc1)NCCc1cccs1.I. The first-order valence-corrected chi connectivity index (χ1v) is 10.7. The molecule has 0 atom stereocenters. The molecule has 27 heavy (non-hydrogen) atoms. The molecule has 6 nitrogen and oxygen atoms in total. The largest absolute Gasteiger partial charge is 0.356 e. The van der Waals surface area contributed by atoms with E-state index < -0.39 is 4.92 Å². The van der Waals surface area contributed by atoms with Gasteiger partial charge in [0.15, 0.2) is 5.96 Å². The van der Waals surface area contributed by atoms with E-state index in [1.54, 1.807) is 23.5 Å². The topological polar surface area (TPSA) is 79.6 Å². The van der Waals surface area contributed by atoms with Crippen LogP contribution in [0.5, 0.6) is 0 Å². The Morgan fingerprint density at radius 2 is 1.96 bits per heavy atom. The molecule has 0 amide bonds. The van der Waals surface area contributed by atoms with Crippen molar-refractivity contribution in [3.05, 3.63) is 62.3 Å². The maximum absolute atomic E-state index is 10.7. The number of nitro benzene ring substituents is 1. The smallest absolute Gasteiger partial charge is 0.269 e. The average molecular weight is 520 g/mol. The second kappa shape index (κ2) is 13.8. The summed E-state index contributed by atoms with van der Waals surface area (Å²) in [6, 6.07) is 10.7. The Morgan fingerprint density at radius 3 is 2.59 bits per heavy atom. The van der Waals surface area contributed by atoms with Gasteiger partial charge in [-0.2, -0.15) is 11.8 Å². The Morgan fingerprint density at radius 1 is 1.22 bits per heavy atom. The molecule has 1 aromatic heterocycles. The van der Waals surface area contributed by atoms with E-state index in [1.807, 2.05) is 11.8 Å². The summed E-state index contributed by atoms with van der Waals surface area (Å²) >= 11 is 3.58. The number of rotatable bonds is 10. The van der Waals surface area contributed by atoms with Crippen molar-refractivity contribution in [3.8, 4) is 0 Å². The molecule has 0 saturated heterocycles. The van der Waals surface area contributed by atoms with Gasteiger partial charge in [-0.05, 0) is 41.9 Å². The molecule has 2 N–H and O–H groups in total. The highest BCUT2D eigenvalue weighted by Gasteiger charge is 2.04. The summed E-state index contributed by atoms with van der Waals surface area (Å²) in [7, 11) is 0. The molecule has 148 valence electrons. The quantitative estimate of drug-likeness (QED) is 0.122. The highest BCUT2D eigenvalue weighted by atomic mass is 127. The average Bonchev–Trinajstić information content (AvgIpc) is 3.16. The number of thioether (sulfide) groups is 1. The number of hydrogen-bond acceptors (Lipinski definition) is 5. The molecule has 2 rings (SSSR count). The van der Waals surface area contributed by atoms with Gasteiger partial charge in [0.05, 0.1) is 11.5 Å². The summed E-state index contributed by atoms with van der Waals surface area (Å²) in [4.78, 5) is 16.3. The fourth-order valence-electron chi connectivity index (χ4n) is 2.25. The second-order valence-corrected chi connectivity index (χ2v) is 7.64. The molecule has 0 saturated carbocycles. The van der Waals surface area contributed by atoms with Crippen LogP contribution in [0.15, 0.2) is 46.8 Å². The minimum Gasteiger partial charge on any atom is -0.356 e. The molecule has 2 aromatic rings. The van der Waals surface area contributed by atoms with Crippen LogP contribution >= 0.6 is 47.1 Å². The lowest BCUT2D eigenvalue weighted by Gasteiger charge is -2.12. The molecule has 1 heterocycles. The summed E-state index contributed by atoms with van der Waals surface area (Å²) in [5.74, 6) is 1.89. The van der Waals surface area contributed by atoms with Gasteiger partial charge in [0.25, 0.3) is 5.69 Å². The fraction of sp³-hybridized carbons (Fsp3) is 0.389. The van der Waals surface area contributed by atoms with Crippen LogP contribution in [0, 0.1) is 10.1 Å². The predicted molar refractivity (Wildman–Crippen MR) is 127 cm³/mol. The molecule has 0 spiro atoms. The lowest BCUT2D eigenvalue weighted by molar-refractivity contribution is -0.384. The van der Waals surface area contributed by atoms with E-state index in [0.29, 0.717) is 6.54 Å². The van der Waals surface area contributed by atoms with Crippen molar-refractivity contribution in [1.29, 1.82) is 0 Å². The first-order chi connectivity index (χ1) is 12.7. The van der Waals surface area contributed by atoms with Gasteiger partial charge >= 0.3 is 0 Å². The molecule has 0 unspecified atom stereocenters. The van der Waals surface area contributed by atoms with E-state index in [0.717, 1.165) is 43.2 Å². The second-order valence-electron chi connectivity index (χ2n) is 5.62. The minimum absolute atomic E-state index is 0. The number of nitrogens with one attached hydrogen (secondary N) is 2. The molecule has 0 bridgehead atoms. The van der Waals surface area contributed by atoms with Gasteiger partial charge in [0.2, 0.25) is 0 Å². The van der Waals surface area contributed by atoms with Crippen molar-refractivity contribution in [2.45, 2.75) is 19.4 Å². The van der Waals surface area contributed by atoms with Crippen molar-refractivity contribution in [3.63, 3.8) is 0 Å². The Bertz CT molecular complexity index is 694. The van der Waals surface area contributed by atoms with E-state index in [2.05, 4.69) is 39.4 Å². The molecular formula is C18H25IN4O2S2. The standard InChI is InChI=1S/C18H24N4O2S2.HI/c1-25-12-3-10-19-18(20-11-9-17-4-2-13-26-17)21-14-15-5-7-16(8-6-15)22(23)24;/h2,4-8,13H,3,9-12,14H2,1H3,(H2,19,20,21);1H. The van der Waals surface area contributed by atoms with Crippen LogP contribution in [0.3, 0.4) is 0 Å². The first-order valence-electron chi connectivity index (χ1n) is 8.46. The molecule has 0 aliphatic carbocycles. The summed E-state index contributed by atoms with van der Waals surface area (Å²) in [6.45, 7) is 2.16. The van der Waals surface area contributed by atoms with Crippen molar-refractivity contribution in [2.75, 3.05) is 25.1 Å². The van der Waals surface area contributed by atoms with E-state index in [-0.39, 0.29) is 29.7 Å². The zero-order chi connectivity index (χ0) is 18.6. The number of halogens is 1. The lowest BCUT2D eigenvalue weighted by Crippen LogP contribution is -2.39. The Labute approximate surface area is 185 Å². The third kappa shape index (κ3) is 9.43. The summed E-state index contributed by atoms with van der Waals surface area (Å²) < 4.78 is 0. The number of thiophene rings is 1. The Hall–Kier alpha value is -1.33. The monoisotopic (exact) mass is 520 g/mol. The van der Waals surface area contributed by atoms with Gasteiger partial charge in [-0.1, -0.05) is 18.2 Å². The van der Waals surface area contributed by atoms with Gasteiger partial charge in [0, 0.05) is 30.1 Å².